The second-order valence-corrected chi connectivity index (χ2v) is 5.52. The van der Waals surface area contributed by atoms with Gasteiger partial charge >= 0.3 is 5.97 Å². The average molecular weight is 341 g/mol. The Labute approximate surface area is 145 Å². The number of nitrogens with zero attached hydrogens (tertiary/aromatic N) is 1. The van der Waals surface area contributed by atoms with Crippen molar-refractivity contribution in [3.8, 4) is 5.75 Å². The maximum Gasteiger partial charge on any atom is 0.330 e. The van der Waals surface area contributed by atoms with Crippen LogP contribution in [0, 0.1) is 24.0 Å². The van der Waals surface area contributed by atoms with Gasteiger partial charge in [-0.2, -0.15) is 0 Å². The van der Waals surface area contributed by atoms with E-state index < -0.39 is 10.9 Å². The quantitative estimate of drug-likeness (QED) is 0.251. The molecule has 0 saturated heterocycles. The molecule has 0 saturated carbocycles. The first-order valence-electron chi connectivity index (χ1n) is 7.74. The molecule has 0 aliphatic rings. The molecule has 25 heavy (non-hydrogen) atoms. The summed E-state index contributed by atoms with van der Waals surface area (Å²) in [5.41, 5.74) is 2.73. The van der Waals surface area contributed by atoms with Gasteiger partial charge in [-0.1, -0.05) is 18.2 Å². The largest absolute Gasteiger partial charge is 0.490 e. The Kier molecular flexibility index (Phi) is 6.28. The minimum absolute atomic E-state index is 0.0302. The summed E-state index contributed by atoms with van der Waals surface area (Å²) in [7, 11) is 0. The predicted octanol–water partition coefficient (Wildman–Crippen LogP) is 3.85. The molecule has 0 unspecified atom stereocenters. The molecule has 6 nitrogen and oxygen atoms in total. The van der Waals surface area contributed by atoms with E-state index >= 15 is 0 Å². The van der Waals surface area contributed by atoms with Gasteiger partial charge in [0.25, 0.3) is 5.69 Å². The van der Waals surface area contributed by atoms with Crippen molar-refractivity contribution in [2.45, 2.75) is 13.8 Å². The monoisotopic (exact) mass is 341 g/mol. The maximum absolute atomic E-state index is 11.7. The lowest BCUT2D eigenvalue weighted by Crippen LogP contribution is -2.10. The summed E-state index contributed by atoms with van der Waals surface area (Å²) >= 11 is 0. The zero-order valence-electron chi connectivity index (χ0n) is 14.1. The van der Waals surface area contributed by atoms with Crippen molar-refractivity contribution < 1.29 is 19.2 Å². The van der Waals surface area contributed by atoms with E-state index in [4.69, 9.17) is 9.47 Å². The first kappa shape index (κ1) is 18.2. The molecule has 130 valence electrons. The predicted molar refractivity (Wildman–Crippen MR) is 94.5 cm³/mol. The van der Waals surface area contributed by atoms with Crippen LogP contribution in [-0.2, 0) is 9.53 Å². The number of non-ortho nitro benzene ring substituents is 1. The minimum Gasteiger partial charge on any atom is -0.490 e. The molecule has 0 aliphatic heterocycles. The SMILES string of the molecule is Cc1cc(C)cc(OCCOC(=O)/C=C/c2cccc([N+](=O)[O-])c2)c1. The van der Waals surface area contributed by atoms with Crippen LogP contribution in [0.3, 0.4) is 0 Å². The Bertz CT molecular complexity index is 778. The summed E-state index contributed by atoms with van der Waals surface area (Å²) in [5, 5.41) is 10.7. The van der Waals surface area contributed by atoms with Gasteiger partial charge in [-0.15, -0.1) is 0 Å². The normalized spacial score (nSPS) is 10.6. The van der Waals surface area contributed by atoms with Crippen LogP contribution >= 0.6 is 0 Å². The Morgan fingerprint density at radius 1 is 1.12 bits per heavy atom. The van der Waals surface area contributed by atoms with E-state index in [0.717, 1.165) is 16.9 Å². The van der Waals surface area contributed by atoms with Crippen LogP contribution in [0.5, 0.6) is 5.75 Å². The zero-order valence-corrected chi connectivity index (χ0v) is 14.1. The van der Waals surface area contributed by atoms with Gasteiger partial charge in [0.2, 0.25) is 0 Å². The van der Waals surface area contributed by atoms with Crippen LogP contribution in [0.1, 0.15) is 16.7 Å². The van der Waals surface area contributed by atoms with Crippen molar-refractivity contribution >= 4 is 17.7 Å². The van der Waals surface area contributed by atoms with Crippen LogP contribution in [0.15, 0.2) is 48.5 Å². The van der Waals surface area contributed by atoms with Gasteiger partial charge in [0.05, 0.1) is 4.92 Å². The van der Waals surface area contributed by atoms with Gasteiger partial charge in [0, 0.05) is 18.2 Å². The van der Waals surface area contributed by atoms with E-state index in [1.54, 1.807) is 12.1 Å². The van der Waals surface area contributed by atoms with Gasteiger partial charge in [0.15, 0.2) is 0 Å². The Morgan fingerprint density at radius 2 is 1.84 bits per heavy atom. The van der Waals surface area contributed by atoms with Gasteiger partial charge in [-0.3, -0.25) is 10.1 Å². The van der Waals surface area contributed by atoms with Crippen molar-refractivity contribution in [2.75, 3.05) is 13.2 Å². The third kappa shape index (κ3) is 6.10. The van der Waals surface area contributed by atoms with Crippen molar-refractivity contribution in [2.24, 2.45) is 0 Å². The number of esters is 1. The van der Waals surface area contributed by atoms with Gasteiger partial charge in [0.1, 0.15) is 19.0 Å². The lowest BCUT2D eigenvalue weighted by molar-refractivity contribution is -0.384. The van der Waals surface area contributed by atoms with Gasteiger partial charge < -0.3 is 9.47 Å². The van der Waals surface area contributed by atoms with Gasteiger partial charge in [-0.05, 0) is 48.7 Å². The second-order valence-electron chi connectivity index (χ2n) is 5.52. The number of nitro benzene ring substituents is 1. The molecule has 0 amide bonds. The van der Waals surface area contributed by atoms with E-state index in [-0.39, 0.29) is 18.9 Å². The Balaban J connectivity index is 1.78. The molecule has 0 heterocycles. The maximum atomic E-state index is 11.7. The number of rotatable bonds is 7. The highest BCUT2D eigenvalue weighted by atomic mass is 16.6. The van der Waals surface area contributed by atoms with Gasteiger partial charge in [-0.25, -0.2) is 4.79 Å². The highest BCUT2D eigenvalue weighted by Crippen LogP contribution is 2.16. The zero-order chi connectivity index (χ0) is 18.2. The van der Waals surface area contributed by atoms with Crippen LogP contribution in [0.25, 0.3) is 6.08 Å². The van der Waals surface area contributed by atoms with Crippen LogP contribution in [0.4, 0.5) is 5.69 Å². The number of carbonyl (C=O) groups excluding carboxylic acids is 1. The van der Waals surface area contributed by atoms with E-state index in [9.17, 15) is 14.9 Å². The Morgan fingerprint density at radius 3 is 2.52 bits per heavy atom. The number of ether oxygens (including phenoxy) is 2. The van der Waals surface area contributed by atoms with E-state index in [2.05, 4.69) is 0 Å². The van der Waals surface area contributed by atoms with E-state index in [0.29, 0.717) is 5.56 Å². The fourth-order valence-electron chi connectivity index (χ4n) is 2.27. The van der Waals surface area contributed by atoms with Crippen molar-refractivity contribution in [3.05, 3.63) is 75.3 Å². The number of hydrogen-bond donors (Lipinski definition) is 0. The number of benzene rings is 2. The summed E-state index contributed by atoms with van der Waals surface area (Å²) < 4.78 is 10.6. The molecule has 0 fully saturated rings. The molecule has 2 aromatic carbocycles. The third-order valence-corrected chi connectivity index (χ3v) is 3.28. The summed E-state index contributed by atoms with van der Waals surface area (Å²) in [6.45, 7) is 4.33. The molecule has 0 aliphatic carbocycles. The molecule has 6 heteroatoms. The fraction of sp³-hybridized carbons (Fsp3) is 0.211. The standard InChI is InChI=1S/C19H19NO5/c1-14-10-15(2)12-18(11-14)24-8-9-25-19(21)7-6-16-4-3-5-17(13-16)20(22)23/h3-7,10-13H,8-9H2,1-2H3/b7-6+. The summed E-state index contributed by atoms with van der Waals surface area (Å²) in [6, 6.07) is 11.9. The first-order chi connectivity index (χ1) is 11.9. The molecule has 0 spiro atoms. The number of carbonyl (C=O) groups is 1. The van der Waals surface area contributed by atoms with E-state index in [1.165, 1.54) is 24.3 Å². The van der Waals surface area contributed by atoms with Crippen molar-refractivity contribution in [3.63, 3.8) is 0 Å². The minimum atomic E-state index is -0.532. The lowest BCUT2D eigenvalue weighted by atomic mass is 10.1. The molecular formula is C19H19NO5. The summed E-state index contributed by atoms with van der Waals surface area (Å²) in [4.78, 5) is 21.9. The molecule has 0 aromatic heterocycles. The van der Waals surface area contributed by atoms with Crippen LogP contribution in [0.2, 0.25) is 0 Å². The molecular weight excluding hydrogens is 322 g/mol. The smallest absolute Gasteiger partial charge is 0.330 e. The number of aryl methyl sites for hydroxylation is 2. The van der Waals surface area contributed by atoms with Crippen molar-refractivity contribution in [1.29, 1.82) is 0 Å². The molecule has 0 radical (unpaired) electrons. The average Bonchev–Trinajstić information content (AvgIpc) is 2.56. The molecule has 2 aromatic rings. The van der Waals surface area contributed by atoms with E-state index in [1.807, 2.05) is 32.0 Å². The highest BCUT2D eigenvalue weighted by Gasteiger charge is 2.04. The molecule has 2 rings (SSSR count). The Hall–Kier alpha value is -3.15. The second kappa shape index (κ2) is 8.63. The molecule has 0 atom stereocenters. The first-order valence-corrected chi connectivity index (χ1v) is 7.74. The fourth-order valence-corrected chi connectivity index (χ4v) is 2.27. The highest BCUT2D eigenvalue weighted by molar-refractivity contribution is 5.87. The lowest BCUT2D eigenvalue weighted by Gasteiger charge is -2.08. The molecule has 0 bridgehead atoms. The topological polar surface area (TPSA) is 78.7 Å². The number of hydrogen-bond acceptors (Lipinski definition) is 5. The van der Waals surface area contributed by atoms with Crippen molar-refractivity contribution in [1.82, 2.24) is 0 Å². The molecule has 0 N–H and O–H groups in total. The third-order valence-electron chi connectivity index (χ3n) is 3.28. The summed E-state index contributed by atoms with van der Waals surface area (Å²) in [6.07, 6.45) is 2.70. The van der Waals surface area contributed by atoms with Crippen LogP contribution < -0.4 is 4.74 Å². The summed E-state index contributed by atoms with van der Waals surface area (Å²) in [5.74, 6) is 0.205. The number of nitro groups is 1. The van der Waals surface area contributed by atoms with Crippen LogP contribution in [-0.4, -0.2) is 24.1 Å².